The molecule has 0 aliphatic carbocycles. The van der Waals surface area contributed by atoms with Crippen molar-refractivity contribution in [2.75, 3.05) is 19.7 Å². The molecule has 9 heteroatoms. The molecule has 1 rings (SSSR count). The molecule has 9 nitrogen and oxygen atoms in total. The lowest BCUT2D eigenvalue weighted by molar-refractivity contribution is -0.183. The highest BCUT2D eigenvalue weighted by Crippen LogP contribution is 2.28. The summed E-state index contributed by atoms with van der Waals surface area (Å²) in [5, 5.41) is 15.8. The molecule has 1 N–H and O–H groups in total. The highest BCUT2D eigenvalue weighted by Gasteiger charge is 2.43. The summed E-state index contributed by atoms with van der Waals surface area (Å²) in [6.45, 7) is 1.37. The van der Waals surface area contributed by atoms with Gasteiger partial charge in [-0.1, -0.05) is 10.2 Å². The minimum atomic E-state index is -1.13. The quantitative estimate of drug-likeness (QED) is 0.428. The smallest absolute Gasteiger partial charge is 0.189 e. The van der Waals surface area contributed by atoms with E-state index >= 15 is 0 Å². The van der Waals surface area contributed by atoms with Gasteiger partial charge in [-0.15, -0.1) is 0 Å². The Labute approximate surface area is 91.2 Å². The van der Waals surface area contributed by atoms with E-state index in [1.54, 1.807) is 6.92 Å². The molecule has 0 bridgehead atoms. The second-order valence-electron chi connectivity index (χ2n) is 3.43. The average Bonchev–Trinajstić information content (AvgIpc) is 2.61. The van der Waals surface area contributed by atoms with Crippen molar-refractivity contribution >= 4 is 0 Å². The molecule has 0 radical (unpaired) electrons. The van der Waals surface area contributed by atoms with Crippen LogP contribution >= 0.6 is 0 Å². The molecular formula is C7H12N6O3. The topological polar surface area (TPSA) is 136 Å². The number of hydrogen-bond donors (Lipinski definition) is 1. The molecule has 0 spiro atoms. The maximum atomic E-state index is 9.05. The summed E-state index contributed by atoms with van der Waals surface area (Å²) in [6, 6.07) is 0. The molecular weight excluding hydrogens is 216 g/mol. The molecule has 1 saturated heterocycles. The van der Waals surface area contributed by atoms with E-state index in [1.807, 2.05) is 0 Å². The fourth-order valence-corrected chi connectivity index (χ4v) is 1.44. The highest BCUT2D eigenvalue weighted by molar-refractivity contribution is 4.86. The Bertz CT molecular complexity index is 307. The van der Waals surface area contributed by atoms with Crippen LogP contribution in [-0.2, 0) is 9.47 Å². The zero-order valence-electron chi connectivity index (χ0n) is 8.72. The third kappa shape index (κ3) is 2.99. The van der Waals surface area contributed by atoms with Crippen molar-refractivity contribution < 1.29 is 14.6 Å². The predicted molar refractivity (Wildman–Crippen MR) is 53.3 cm³/mol. The lowest BCUT2D eigenvalue weighted by atomic mass is 10.2. The monoisotopic (exact) mass is 228 g/mol. The fourth-order valence-electron chi connectivity index (χ4n) is 1.44. The Morgan fingerprint density at radius 2 is 1.62 bits per heavy atom. The van der Waals surface area contributed by atoms with E-state index in [0.29, 0.717) is 0 Å². The standard InChI is InChI=1S/C7H12N6O3/c1-7(4-14)15-5(2-10-12-8)6(16-7)3-11-13-9/h5-6,14H,2-4H2,1H3/t5-,6-/m0/s1. The fraction of sp³-hybridized carbons (Fsp3) is 1.00. The summed E-state index contributed by atoms with van der Waals surface area (Å²) in [5.41, 5.74) is 16.4. The van der Waals surface area contributed by atoms with Gasteiger partial charge < -0.3 is 14.6 Å². The van der Waals surface area contributed by atoms with Crippen LogP contribution in [0.15, 0.2) is 10.2 Å². The van der Waals surface area contributed by atoms with Crippen LogP contribution in [0.3, 0.4) is 0 Å². The summed E-state index contributed by atoms with van der Waals surface area (Å²) in [7, 11) is 0. The van der Waals surface area contributed by atoms with Crippen molar-refractivity contribution in [2.24, 2.45) is 10.2 Å². The second kappa shape index (κ2) is 5.55. The second-order valence-corrected chi connectivity index (χ2v) is 3.43. The minimum absolute atomic E-state index is 0.0672. The van der Waals surface area contributed by atoms with Crippen LogP contribution in [0, 0.1) is 0 Å². The van der Waals surface area contributed by atoms with Gasteiger partial charge >= 0.3 is 0 Å². The number of nitrogens with zero attached hydrogens (tertiary/aromatic N) is 6. The summed E-state index contributed by atoms with van der Waals surface area (Å²) >= 11 is 0. The molecule has 0 aromatic heterocycles. The molecule has 0 unspecified atom stereocenters. The van der Waals surface area contributed by atoms with Crippen LogP contribution in [0.1, 0.15) is 6.92 Å². The Morgan fingerprint density at radius 3 is 1.94 bits per heavy atom. The van der Waals surface area contributed by atoms with Crippen molar-refractivity contribution in [3.8, 4) is 0 Å². The van der Waals surface area contributed by atoms with Gasteiger partial charge in [0, 0.05) is 9.82 Å². The first-order valence-electron chi connectivity index (χ1n) is 4.63. The van der Waals surface area contributed by atoms with Crippen molar-refractivity contribution in [1.82, 2.24) is 0 Å². The first-order chi connectivity index (χ1) is 7.65. The molecule has 16 heavy (non-hydrogen) atoms. The zero-order valence-corrected chi connectivity index (χ0v) is 8.72. The molecule has 0 aromatic rings. The lowest BCUT2D eigenvalue weighted by Gasteiger charge is -2.19. The molecule has 2 atom stereocenters. The molecule has 1 heterocycles. The van der Waals surface area contributed by atoms with E-state index in [1.165, 1.54) is 0 Å². The van der Waals surface area contributed by atoms with Gasteiger partial charge in [0.15, 0.2) is 5.79 Å². The number of aliphatic hydroxyl groups excluding tert-OH is 1. The molecule has 1 aliphatic heterocycles. The van der Waals surface area contributed by atoms with Crippen molar-refractivity contribution in [1.29, 1.82) is 0 Å². The van der Waals surface area contributed by atoms with Crippen LogP contribution in [-0.4, -0.2) is 42.8 Å². The van der Waals surface area contributed by atoms with Crippen molar-refractivity contribution in [3.05, 3.63) is 20.9 Å². The molecule has 0 saturated carbocycles. The van der Waals surface area contributed by atoms with Gasteiger partial charge in [0.05, 0.1) is 31.9 Å². The van der Waals surface area contributed by atoms with Gasteiger partial charge in [0.25, 0.3) is 0 Å². The third-order valence-corrected chi connectivity index (χ3v) is 2.15. The maximum Gasteiger partial charge on any atom is 0.189 e. The lowest BCUT2D eigenvalue weighted by Crippen LogP contribution is -2.31. The van der Waals surface area contributed by atoms with Crippen molar-refractivity contribution in [2.45, 2.75) is 24.9 Å². The maximum absolute atomic E-state index is 9.05. The number of aliphatic hydroxyl groups is 1. The van der Waals surface area contributed by atoms with E-state index < -0.39 is 18.0 Å². The molecule has 1 aliphatic rings. The summed E-state index contributed by atoms with van der Waals surface area (Å²) in [4.78, 5) is 5.22. The number of azide groups is 2. The van der Waals surface area contributed by atoms with Crippen LogP contribution in [0.2, 0.25) is 0 Å². The number of hydrogen-bond acceptors (Lipinski definition) is 5. The Balaban J connectivity index is 2.69. The Kier molecular flexibility index (Phi) is 4.36. The molecule has 1 fully saturated rings. The van der Waals surface area contributed by atoms with Crippen molar-refractivity contribution in [3.63, 3.8) is 0 Å². The third-order valence-electron chi connectivity index (χ3n) is 2.15. The average molecular weight is 228 g/mol. The van der Waals surface area contributed by atoms with E-state index in [2.05, 4.69) is 20.1 Å². The predicted octanol–water partition coefficient (Wildman–Crippen LogP) is 1.10. The van der Waals surface area contributed by atoms with Gasteiger partial charge in [0.1, 0.15) is 0 Å². The summed E-state index contributed by atoms with van der Waals surface area (Å²) in [5.74, 6) is -1.13. The Morgan fingerprint density at radius 1 is 1.19 bits per heavy atom. The first kappa shape index (κ1) is 12.6. The van der Waals surface area contributed by atoms with E-state index in [4.69, 9.17) is 25.6 Å². The normalized spacial score (nSPS) is 32.9. The summed E-state index contributed by atoms with van der Waals surface area (Å²) in [6.07, 6.45) is -1.03. The molecule has 0 aromatic carbocycles. The van der Waals surface area contributed by atoms with E-state index in [-0.39, 0.29) is 19.7 Å². The summed E-state index contributed by atoms with van der Waals surface area (Å²) < 4.78 is 10.8. The van der Waals surface area contributed by atoms with E-state index in [0.717, 1.165) is 0 Å². The van der Waals surface area contributed by atoms with Crippen LogP contribution in [0.5, 0.6) is 0 Å². The first-order valence-corrected chi connectivity index (χ1v) is 4.63. The van der Waals surface area contributed by atoms with Crippen LogP contribution in [0.25, 0.3) is 20.9 Å². The van der Waals surface area contributed by atoms with Gasteiger partial charge in [0.2, 0.25) is 0 Å². The number of rotatable bonds is 5. The van der Waals surface area contributed by atoms with Gasteiger partial charge in [-0.05, 0) is 18.0 Å². The highest BCUT2D eigenvalue weighted by atomic mass is 16.8. The van der Waals surface area contributed by atoms with Gasteiger partial charge in [-0.3, -0.25) is 0 Å². The van der Waals surface area contributed by atoms with Crippen LogP contribution in [0.4, 0.5) is 0 Å². The van der Waals surface area contributed by atoms with Crippen LogP contribution < -0.4 is 0 Å². The van der Waals surface area contributed by atoms with Gasteiger partial charge in [-0.2, -0.15) is 0 Å². The minimum Gasteiger partial charge on any atom is -0.391 e. The molecule has 88 valence electrons. The zero-order chi connectivity index (χ0) is 12.0. The van der Waals surface area contributed by atoms with Gasteiger partial charge in [-0.25, -0.2) is 0 Å². The Hall–Kier alpha value is -1.50. The van der Waals surface area contributed by atoms with E-state index in [9.17, 15) is 0 Å². The largest absolute Gasteiger partial charge is 0.391 e. The molecule has 0 amide bonds. The number of ether oxygens (including phenoxy) is 2. The SMILES string of the molecule is CC1(CO)O[C@@H](CN=[N+]=[N-])[C@H](CN=[N+]=[N-])O1.